The van der Waals surface area contributed by atoms with Gasteiger partial charge in [0.15, 0.2) is 0 Å². The van der Waals surface area contributed by atoms with E-state index < -0.39 is 5.97 Å². The van der Waals surface area contributed by atoms with E-state index in [0.29, 0.717) is 0 Å². The van der Waals surface area contributed by atoms with Gasteiger partial charge in [0.25, 0.3) is 0 Å². The van der Waals surface area contributed by atoms with Gasteiger partial charge in [-0.15, -0.1) is 0 Å². The molecule has 0 aliphatic heterocycles. The zero-order valence-electron chi connectivity index (χ0n) is 9.93. The van der Waals surface area contributed by atoms with Crippen LogP contribution in [0, 0.1) is 0 Å². The predicted molar refractivity (Wildman–Crippen MR) is 65.7 cm³/mol. The molecule has 0 aliphatic carbocycles. The van der Waals surface area contributed by atoms with Crippen molar-refractivity contribution in [2.24, 2.45) is 0 Å². The largest absolute Gasteiger partial charge is 0.458 e. The second kappa shape index (κ2) is 7.17. The predicted octanol–water partition coefficient (Wildman–Crippen LogP) is 1.73. The fraction of sp³-hybridized carbons (Fsp3) is 0.214. The Bertz CT molecular complexity index is 475. The molecule has 4 nitrogen and oxygen atoms in total. The maximum absolute atomic E-state index is 11.7. The first kappa shape index (κ1) is 13.8. The molecule has 0 unspecified atom stereocenters. The van der Waals surface area contributed by atoms with Gasteiger partial charge in [-0.1, -0.05) is 31.2 Å². The van der Waals surface area contributed by atoms with Gasteiger partial charge in [0.2, 0.25) is 12.6 Å². The summed E-state index contributed by atoms with van der Waals surface area (Å²) in [7, 11) is 0. The molecule has 0 aromatic heterocycles. The molecule has 1 rings (SSSR count). The highest BCUT2D eigenvalue weighted by Gasteiger charge is 2.15. The molecule has 0 N–H and O–H groups in total. The molecule has 4 heteroatoms. The molecule has 0 spiro atoms. The van der Waals surface area contributed by atoms with Crippen molar-refractivity contribution in [3.05, 3.63) is 47.0 Å². The van der Waals surface area contributed by atoms with E-state index in [1.807, 2.05) is 13.0 Å². The summed E-state index contributed by atoms with van der Waals surface area (Å²) in [6, 6.07) is 4.29. The van der Waals surface area contributed by atoms with Crippen LogP contribution in [-0.2, 0) is 14.3 Å². The number of hydrogen-bond acceptors (Lipinski definition) is 4. The van der Waals surface area contributed by atoms with Crippen LogP contribution < -0.4 is 0 Å². The lowest BCUT2D eigenvalue weighted by molar-refractivity contribution is 0.0549. The third-order valence-corrected chi connectivity index (χ3v) is 2.21. The molecule has 0 atom stereocenters. The van der Waals surface area contributed by atoms with Gasteiger partial charge in [0, 0.05) is 5.56 Å². The van der Waals surface area contributed by atoms with Crippen molar-refractivity contribution in [1.82, 2.24) is 0 Å². The van der Waals surface area contributed by atoms with Crippen molar-refractivity contribution < 1.29 is 19.1 Å². The molecule has 0 amide bonds. The third kappa shape index (κ3) is 3.38. The molecule has 0 saturated carbocycles. The average molecular weight is 244 g/mol. The van der Waals surface area contributed by atoms with Crippen LogP contribution >= 0.6 is 0 Å². The standard InChI is InChI=1S/C14H12O4/c1-2-3-4-8-18-14(17)12-7-5-6-11(9-15)13(12)10-16/h3-7H,2,8H2,1H3. The first-order chi connectivity index (χ1) is 8.74. The van der Waals surface area contributed by atoms with Crippen molar-refractivity contribution in [1.29, 1.82) is 0 Å². The lowest BCUT2D eigenvalue weighted by Crippen LogP contribution is -2.10. The molecule has 1 aromatic carbocycles. The average Bonchev–Trinajstić information content (AvgIpc) is 2.42. The van der Waals surface area contributed by atoms with Crippen LogP contribution in [0.2, 0.25) is 0 Å². The molecule has 92 valence electrons. The first-order valence-corrected chi connectivity index (χ1v) is 5.46. The zero-order valence-corrected chi connectivity index (χ0v) is 9.93. The minimum Gasteiger partial charge on any atom is -0.458 e. The van der Waals surface area contributed by atoms with Crippen molar-refractivity contribution in [2.45, 2.75) is 13.3 Å². The minimum absolute atomic E-state index is 0.00329. The SMILES string of the molecule is CCC=CCOC(=O)c1cccc([C]=O)c1[C]=O. The van der Waals surface area contributed by atoms with E-state index in [0.717, 1.165) is 6.42 Å². The summed E-state index contributed by atoms with van der Waals surface area (Å²) in [4.78, 5) is 33.0. The molecular weight excluding hydrogens is 232 g/mol. The number of carbonyl (C=O) groups excluding carboxylic acids is 3. The maximum atomic E-state index is 11.7. The summed E-state index contributed by atoms with van der Waals surface area (Å²) in [5, 5.41) is 0. The van der Waals surface area contributed by atoms with Gasteiger partial charge in [0.1, 0.15) is 6.61 Å². The van der Waals surface area contributed by atoms with Gasteiger partial charge >= 0.3 is 5.97 Å². The molecule has 0 heterocycles. The van der Waals surface area contributed by atoms with E-state index in [-0.39, 0.29) is 23.3 Å². The number of benzene rings is 1. The highest BCUT2D eigenvalue weighted by molar-refractivity contribution is 6.03. The van der Waals surface area contributed by atoms with Crippen molar-refractivity contribution in [3.8, 4) is 0 Å². The Morgan fingerprint density at radius 3 is 2.67 bits per heavy atom. The lowest BCUT2D eigenvalue weighted by Gasteiger charge is -2.05. The Balaban J connectivity index is 2.88. The molecule has 0 aliphatic rings. The van der Waals surface area contributed by atoms with Crippen LogP contribution in [-0.4, -0.2) is 25.1 Å². The fourth-order valence-electron chi connectivity index (χ4n) is 1.35. The van der Waals surface area contributed by atoms with Crippen LogP contribution in [0.5, 0.6) is 0 Å². The van der Waals surface area contributed by atoms with E-state index in [4.69, 9.17) is 4.74 Å². The van der Waals surface area contributed by atoms with Crippen LogP contribution in [0.4, 0.5) is 0 Å². The van der Waals surface area contributed by atoms with Crippen molar-refractivity contribution in [3.63, 3.8) is 0 Å². The van der Waals surface area contributed by atoms with E-state index in [9.17, 15) is 14.4 Å². The van der Waals surface area contributed by atoms with Gasteiger partial charge in [-0.3, -0.25) is 9.59 Å². The second-order valence-electron chi connectivity index (χ2n) is 3.41. The van der Waals surface area contributed by atoms with Crippen LogP contribution in [0.1, 0.15) is 34.8 Å². The number of hydrogen-bond donors (Lipinski definition) is 0. The van der Waals surface area contributed by atoms with E-state index in [1.165, 1.54) is 18.2 Å². The molecule has 1 aromatic rings. The summed E-state index contributed by atoms with van der Waals surface area (Å²) < 4.78 is 4.94. The summed E-state index contributed by atoms with van der Waals surface area (Å²) in [6.45, 7) is 2.08. The van der Waals surface area contributed by atoms with E-state index >= 15 is 0 Å². The van der Waals surface area contributed by atoms with Gasteiger partial charge in [-0.25, -0.2) is 4.79 Å². The zero-order chi connectivity index (χ0) is 13.4. The van der Waals surface area contributed by atoms with Gasteiger partial charge in [-0.2, -0.15) is 0 Å². The Labute approximate surface area is 105 Å². The number of ether oxygens (including phenoxy) is 1. The summed E-state index contributed by atoms with van der Waals surface area (Å²) >= 11 is 0. The number of rotatable bonds is 6. The van der Waals surface area contributed by atoms with Crippen molar-refractivity contribution in [2.75, 3.05) is 6.61 Å². The number of carbonyl (C=O) groups is 1. The van der Waals surface area contributed by atoms with Crippen molar-refractivity contribution >= 4 is 18.5 Å². The van der Waals surface area contributed by atoms with E-state index in [2.05, 4.69) is 0 Å². The molecule has 18 heavy (non-hydrogen) atoms. The fourth-order valence-corrected chi connectivity index (χ4v) is 1.35. The van der Waals surface area contributed by atoms with Crippen LogP contribution in [0.25, 0.3) is 0 Å². The quantitative estimate of drug-likeness (QED) is 0.564. The van der Waals surface area contributed by atoms with E-state index in [1.54, 1.807) is 18.6 Å². The highest BCUT2D eigenvalue weighted by Crippen LogP contribution is 2.12. The molecule has 0 bridgehead atoms. The number of esters is 1. The van der Waals surface area contributed by atoms with Crippen LogP contribution in [0.3, 0.4) is 0 Å². The Kier molecular flexibility index (Phi) is 5.51. The molecule has 2 radical (unpaired) electrons. The van der Waals surface area contributed by atoms with Crippen LogP contribution in [0.15, 0.2) is 30.4 Å². The normalized spacial score (nSPS) is 10.3. The highest BCUT2D eigenvalue weighted by atomic mass is 16.5. The lowest BCUT2D eigenvalue weighted by atomic mass is 10.0. The molecule has 0 fully saturated rings. The molecular formula is C14H12O4. The summed E-state index contributed by atoms with van der Waals surface area (Å²) in [5.41, 5.74) is -0.0868. The summed E-state index contributed by atoms with van der Waals surface area (Å²) in [6.07, 6.45) is 7.56. The molecule has 0 saturated heterocycles. The smallest absolute Gasteiger partial charge is 0.339 e. The van der Waals surface area contributed by atoms with Gasteiger partial charge in [-0.05, 0) is 12.5 Å². The Hall–Kier alpha value is -2.23. The Morgan fingerprint density at radius 2 is 2.06 bits per heavy atom. The topological polar surface area (TPSA) is 60.4 Å². The third-order valence-electron chi connectivity index (χ3n) is 2.21. The second-order valence-corrected chi connectivity index (χ2v) is 3.41. The van der Waals surface area contributed by atoms with Gasteiger partial charge in [0.05, 0.1) is 11.1 Å². The summed E-state index contributed by atoms with van der Waals surface area (Å²) in [5.74, 6) is -0.661. The monoisotopic (exact) mass is 244 g/mol. The minimum atomic E-state index is -0.661. The Morgan fingerprint density at radius 1 is 1.28 bits per heavy atom. The van der Waals surface area contributed by atoms with Gasteiger partial charge < -0.3 is 4.74 Å². The number of allylic oxidation sites excluding steroid dienone is 1. The first-order valence-electron chi connectivity index (χ1n) is 5.46. The maximum Gasteiger partial charge on any atom is 0.339 e.